The Morgan fingerprint density at radius 1 is 1.28 bits per heavy atom. The molecule has 1 aromatic carbocycles. The van der Waals surface area contributed by atoms with E-state index >= 15 is 0 Å². The number of hydrogen-bond donors (Lipinski definition) is 1. The van der Waals surface area contributed by atoms with Crippen molar-refractivity contribution < 1.29 is 19.4 Å². The monoisotopic (exact) mass is 368 g/mol. The molecule has 7 heteroatoms. The van der Waals surface area contributed by atoms with E-state index in [4.69, 9.17) is 21.4 Å². The Balaban J connectivity index is 1.74. The van der Waals surface area contributed by atoms with E-state index in [9.17, 15) is 9.59 Å². The van der Waals surface area contributed by atoms with Gasteiger partial charge in [0.15, 0.2) is 0 Å². The highest BCUT2D eigenvalue weighted by Gasteiger charge is 2.23. The third kappa shape index (κ3) is 6.55. The molecule has 1 aliphatic heterocycles. The molecule has 1 N–H and O–H groups in total. The number of rotatable bonds is 7. The van der Waals surface area contributed by atoms with E-state index in [0.717, 1.165) is 25.8 Å². The van der Waals surface area contributed by atoms with Crippen LogP contribution in [0.15, 0.2) is 24.3 Å². The first-order valence-electron chi connectivity index (χ1n) is 8.54. The van der Waals surface area contributed by atoms with E-state index in [-0.39, 0.29) is 18.5 Å². The van der Waals surface area contributed by atoms with Gasteiger partial charge in [0, 0.05) is 24.2 Å². The van der Waals surface area contributed by atoms with E-state index in [1.165, 1.54) is 0 Å². The molecular weight excluding hydrogens is 344 g/mol. The number of nitrogens with zero attached hydrogens (tertiary/aromatic N) is 2. The molecule has 1 aromatic rings. The predicted molar refractivity (Wildman–Crippen MR) is 96.0 cm³/mol. The smallest absolute Gasteiger partial charge is 0.317 e. The molecule has 2 rings (SSSR count). The lowest BCUT2D eigenvalue weighted by Gasteiger charge is -2.25. The Bertz CT molecular complexity index is 579. The number of carboxylic acid groups (broad SMARTS) is 1. The van der Waals surface area contributed by atoms with Crippen molar-refractivity contribution in [3.8, 4) is 5.75 Å². The number of carbonyl (C=O) groups excluding carboxylic acids is 1. The molecule has 1 amide bonds. The highest BCUT2D eigenvalue weighted by atomic mass is 35.5. The van der Waals surface area contributed by atoms with E-state index in [2.05, 4.69) is 0 Å². The van der Waals surface area contributed by atoms with E-state index < -0.39 is 5.97 Å². The van der Waals surface area contributed by atoms with Crippen LogP contribution in [0.3, 0.4) is 0 Å². The molecule has 0 aliphatic carbocycles. The average Bonchev–Trinajstić information content (AvgIpc) is 2.82. The summed E-state index contributed by atoms with van der Waals surface area (Å²) in [6.07, 6.45) is 2.93. The summed E-state index contributed by atoms with van der Waals surface area (Å²) in [5.74, 6) is -0.0436. The third-order valence-corrected chi connectivity index (χ3v) is 4.71. The lowest BCUT2D eigenvalue weighted by Crippen LogP contribution is -2.37. The normalized spacial score (nSPS) is 18.0. The zero-order valence-corrected chi connectivity index (χ0v) is 15.2. The number of carbonyl (C=O) groups is 2. The number of amides is 1. The Morgan fingerprint density at radius 2 is 2.00 bits per heavy atom. The standard InChI is InChI=1S/C18H25ClN2O4/c1-20(13-18(23)24)15-3-2-10-21(11-8-15)17(22)9-12-25-16-6-4-14(19)5-7-16/h4-7,15H,2-3,8-13H2,1H3,(H,23,24). The highest BCUT2D eigenvalue weighted by Crippen LogP contribution is 2.18. The largest absolute Gasteiger partial charge is 0.493 e. The second-order valence-corrected chi connectivity index (χ2v) is 6.76. The first-order valence-corrected chi connectivity index (χ1v) is 8.91. The molecule has 0 bridgehead atoms. The quantitative estimate of drug-likeness (QED) is 0.800. The van der Waals surface area contributed by atoms with Gasteiger partial charge in [0.25, 0.3) is 0 Å². The van der Waals surface area contributed by atoms with Crippen LogP contribution in [0.25, 0.3) is 0 Å². The van der Waals surface area contributed by atoms with Crippen molar-refractivity contribution in [3.63, 3.8) is 0 Å². The Kier molecular flexibility index (Phi) is 7.52. The minimum absolute atomic E-state index is 0.0353. The minimum atomic E-state index is -0.820. The summed E-state index contributed by atoms with van der Waals surface area (Å²) in [5, 5.41) is 9.55. The van der Waals surface area contributed by atoms with Gasteiger partial charge in [-0.2, -0.15) is 0 Å². The van der Waals surface area contributed by atoms with Gasteiger partial charge < -0.3 is 14.7 Å². The Morgan fingerprint density at radius 3 is 2.68 bits per heavy atom. The molecule has 6 nitrogen and oxygen atoms in total. The Hall–Kier alpha value is -1.79. The van der Waals surface area contributed by atoms with Crippen molar-refractivity contribution in [2.45, 2.75) is 31.7 Å². The van der Waals surface area contributed by atoms with Gasteiger partial charge in [-0.1, -0.05) is 11.6 Å². The zero-order chi connectivity index (χ0) is 18.2. The van der Waals surface area contributed by atoms with E-state index in [1.54, 1.807) is 24.3 Å². The van der Waals surface area contributed by atoms with Gasteiger partial charge in [-0.3, -0.25) is 14.5 Å². The summed E-state index contributed by atoms with van der Waals surface area (Å²) in [7, 11) is 1.83. The molecule has 0 radical (unpaired) electrons. The molecule has 138 valence electrons. The summed E-state index contributed by atoms with van der Waals surface area (Å²) in [6, 6.07) is 7.27. The van der Waals surface area contributed by atoms with Crippen molar-refractivity contribution in [2.75, 3.05) is 33.3 Å². The number of benzene rings is 1. The topological polar surface area (TPSA) is 70.1 Å². The maximum Gasteiger partial charge on any atom is 0.317 e. The van der Waals surface area contributed by atoms with E-state index in [0.29, 0.717) is 30.3 Å². The lowest BCUT2D eigenvalue weighted by molar-refractivity contribution is -0.138. The van der Waals surface area contributed by atoms with Gasteiger partial charge >= 0.3 is 5.97 Å². The lowest BCUT2D eigenvalue weighted by atomic mass is 10.1. The van der Waals surface area contributed by atoms with E-state index in [1.807, 2.05) is 16.8 Å². The maximum absolute atomic E-state index is 12.4. The van der Waals surface area contributed by atoms with Crippen LogP contribution in [0.2, 0.25) is 5.02 Å². The van der Waals surface area contributed by atoms with Crippen LogP contribution < -0.4 is 4.74 Å². The summed E-state index contributed by atoms with van der Waals surface area (Å²) >= 11 is 5.82. The number of carboxylic acids is 1. The molecular formula is C18H25ClN2O4. The maximum atomic E-state index is 12.4. The number of aliphatic carboxylic acids is 1. The zero-order valence-electron chi connectivity index (χ0n) is 14.5. The van der Waals surface area contributed by atoms with Crippen molar-refractivity contribution in [1.82, 2.24) is 9.80 Å². The molecule has 1 aliphatic rings. The fourth-order valence-electron chi connectivity index (χ4n) is 3.06. The molecule has 25 heavy (non-hydrogen) atoms. The number of ether oxygens (including phenoxy) is 1. The molecule has 0 aromatic heterocycles. The molecule has 1 saturated heterocycles. The van der Waals surface area contributed by atoms with Crippen molar-refractivity contribution in [3.05, 3.63) is 29.3 Å². The second-order valence-electron chi connectivity index (χ2n) is 6.33. The summed E-state index contributed by atoms with van der Waals surface area (Å²) in [4.78, 5) is 26.9. The first kappa shape index (κ1) is 19.5. The highest BCUT2D eigenvalue weighted by molar-refractivity contribution is 6.30. The summed E-state index contributed by atoms with van der Waals surface area (Å²) < 4.78 is 5.58. The first-order chi connectivity index (χ1) is 12.0. The van der Waals surface area contributed by atoms with Crippen LogP contribution in [-0.2, 0) is 9.59 Å². The number of likely N-dealkylation sites (tertiary alicyclic amines) is 1. The fraction of sp³-hybridized carbons (Fsp3) is 0.556. The van der Waals surface area contributed by atoms with Crippen molar-refractivity contribution >= 4 is 23.5 Å². The molecule has 1 unspecified atom stereocenters. The fourth-order valence-corrected chi connectivity index (χ4v) is 3.18. The van der Waals surface area contributed by atoms with Crippen LogP contribution >= 0.6 is 11.6 Å². The predicted octanol–water partition coefficient (Wildman–Crippen LogP) is 2.51. The molecule has 1 heterocycles. The van der Waals surface area contributed by atoms with Gasteiger partial charge in [0.05, 0.1) is 19.6 Å². The Labute approximate surface area is 153 Å². The van der Waals surface area contributed by atoms with Gasteiger partial charge in [0.2, 0.25) is 5.91 Å². The molecule has 1 fully saturated rings. The summed E-state index contributed by atoms with van der Waals surface area (Å²) in [6.45, 7) is 1.75. The van der Waals surface area contributed by atoms with Crippen LogP contribution in [0, 0.1) is 0 Å². The summed E-state index contributed by atoms with van der Waals surface area (Å²) in [5.41, 5.74) is 0. The van der Waals surface area contributed by atoms with Gasteiger partial charge in [-0.15, -0.1) is 0 Å². The number of likely N-dealkylation sites (N-methyl/N-ethyl adjacent to an activating group) is 1. The molecule has 0 saturated carbocycles. The van der Waals surface area contributed by atoms with Crippen LogP contribution in [0.1, 0.15) is 25.7 Å². The minimum Gasteiger partial charge on any atom is -0.493 e. The second kappa shape index (κ2) is 9.63. The van der Waals surface area contributed by atoms with Crippen molar-refractivity contribution in [2.24, 2.45) is 0 Å². The molecule has 1 atom stereocenters. The van der Waals surface area contributed by atoms with Crippen molar-refractivity contribution in [1.29, 1.82) is 0 Å². The van der Waals surface area contributed by atoms with Gasteiger partial charge in [-0.25, -0.2) is 0 Å². The van der Waals surface area contributed by atoms with Crippen LogP contribution in [0.5, 0.6) is 5.75 Å². The van der Waals surface area contributed by atoms with Crippen LogP contribution in [0.4, 0.5) is 0 Å². The number of halogens is 1. The van der Waals surface area contributed by atoms with Crippen LogP contribution in [-0.4, -0.2) is 66.1 Å². The number of hydrogen-bond acceptors (Lipinski definition) is 4. The third-order valence-electron chi connectivity index (χ3n) is 4.46. The average molecular weight is 369 g/mol. The SMILES string of the molecule is CN(CC(=O)O)C1CCCN(C(=O)CCOc2ccc(Cl)cc2)CC1. The van der Waals surface area contributed by atoms with Gasteiger partial charge in [-0.05, 0) is 50.6 Å². The molecule has 0 spiro atoms. The van der Waals surface area contributed by atoms with Gasteiger partial charge in [0.1, 0.15) is 5.75 Å².